The average Bonchev–Trinajstić information content (AvgIpc) is 3.15. The minimum absolute atomic E-state index is 0.171. The first-order chi connectivity index (χ1) is 12.3. The Morgan fingerprint density at radius 1 is 1.31 bits per heavy atom. The number of carbonyl (C=O) groups is 2. The highest BCUT2D eigenvalue weighted by Gasteiger charge is 2.22. The predicted molar refractivity (Wildman–Crippen MR) is 102 cm³/mol. The zero-order valence-corrected chi connectivity index (χ0v) is 16.0. The Balaban J connectivity index is 1.97. The zero-order valence-electron chi connectivity index (χ0n) is 15.2. The Bertz CT molecular complexity index is 989. The van der Waals surface area contributed by atoms with E-state index in [2.05, 4.69) is 5.10 Å². The fourth-order valence-corrected chi connectivity index (χ4v) is 4.05. The van der Waals surface area contributed by atoms with Gasteiger partial charge < -0.3 is 10.0 Å². The lowest BCUT2D eigenvalue weighted by molar-refractivity contribution is -0.141. The molecule has 2 heterocycles. The fraction of sp³-hybridized carbons (Fsp3) is 0.316. The number of aromatic nitrogens is 2. The van der Waals surface area contributed by atoms with Crippen LogP contribution in [-0.4, -0.2) is 45.3 Å². The van der Waals surface area contributed by atoms with Crippen molar-refractivity contribution in [2.45, 2.75) is 20.8 Å². The standard InChI is InChI=1S/C19H21N3O3S/c1-11-7-5-6-8-15(11)22-18-14(13(3)20-22)9-16(26-18)17(23)21(4)10-12(2)19(24)25/h5-9,12H,10H2,1-4H3,(H,24,25). The summed E-state index contributed by atoms with van der Waals surface area (Å²) in [5, 5.41) is 14.6. The molecule has 1 unspecified atom stereocenters. The maximum Gasteiger partial charge on any atom is 0.308 e. The van der Waals surface area contributed by atoms with Crippen LogP contribution in [0.25, 0.3) is 15.9 Å². The summed E-state index contributed by atoms with van der Waals surface area (Å²) in [7, 11) is 1.63. The van der Waals surface area contributed by atoms with Gasteiger partial charge >= 0.3 is 5.97 Å². The van der Waals surface area contributed by atoms with E-state index in [0.29, 0.717) is 4.88 Å². The van der Waals surface area contributed by atoms with Crippen molar-refractivity contribution in [1.82, 2.24) is 14.7 Å². The molecule has 6 nitrogen and oxygen atoms in total. The van der Waals surface area contributed by atoms with Crippen LogP contribution in [-0.2, 0) is 4.79 Å². The molecule has 136 valence electrons. The summed E-state index contributed by atoms with van der Waals surface area (Å²) in [5.41, 5.74) is 2.95. The van der Waals surface area contributed by atoms with Crippen LogP contribution >= 0.6 is 11.3 Å². The highest BCUT2D eigenvalue weighted by atomic mass is 32.1. The van der Waals surface area contributed by atoms with E-state index in [-0.39, 0.29) is 12.5 Å². The molecule has 7 heteroatoms. The molecule has 0 aliphatic heterocycles. The number of rotatable bonds is 5. The minimum atomic E-state index is -0.910. The Morgan fingerprint density at radius 2 is 2.00 bits per heavy atom. The van der Waals surface area contributed by atoms with Crippen LogP contribution in [0, 0.1) is 19.8 Å². The predicted octanol–water partition coefficient (Wildman–Crippen LogP) is 3.50. The molecular formula is C19H21N3O3S. The third kappa shape index (κ3) is 3.22. The molecule has 2 aromatic heterocycles. The van der Waals surface area contributed by atoms with Gasteiger partial charge in [-0.05, 0) is 31.5 Å². The quantitative estimate of drug-likeness (QED) is 0.745. The molecule has 0 saturated carbocycles. The van der Waals surface area contributed by atoms with E-state index in [1.165, 1.54) is 16.2 Å². The number of benzene rings is 1. The van der Waals surface area contributed by atoms with Gasteiger partial charge in [0.25, 0.3) is 5.91 Å². The van der Waals surface area contributed by atoms with Gasteiger partial charge in [-0.2, -0.15) is 5.10 Å². The molecular weight excluding hydrogens is 350 g/mol. The van der Waals surface area contributed by atoms with Gasteiger partial charge in [0.2, 0.25) is 0 Å². The molecule has 0 fully saturated rings. The summed E-state index contributed by atoms with van der Waals surface area (Å²) in [5.74, 6) is -1.69. The van der Waals surface area contributed by atoms with Gasteiger partial charge in [0, 0.05) is 19.0 Å². The van der Waals surface area contributed by atoms with Crippen LogP contribution in [0.2, 0.25) is 0 Å². The van der Waals surface area contributed by atoms with Crippen LogP contribution in [0.5, 0.6) is 0 Å². The van der Waals surface area contributed by atoms with Gasteiger partial charge in [0.1, 0.15) is 4.83 Å². The number of carboxylic acid groups (broad SMARTS) is 1. The van der Waals surface area contributed by atoms with E-state index >= 15 is 0 Å². The van der Waals surface area contributed by atoms with Crippen molar-refractivity contribution >= 4 is 33.4 Å². The molecule has 0 saturated heterocycles. The molecule has 0 aliphatic carbocycles. The van der Waals surface area contributed by atoms with Crippen LogP contribution in [0.1, 0.15) is 27.9 Å². The molecule has 3 aromatic rings. The number of aliphatic carboxylic acids is 1. The first-order valence-electron chi connectivity index (χ1n) is 8.33. The van der Waals surface area contributed by atoms with Crippen molar-refractivity contribution < 1.29 is 14.7 Å². The average molecular weight is 371 g/mol. The summed E-state index contributed by atoms with van der Waals surface area (Å²) in [4.78, 5) is 26.7. The molecule has 1 aromatic carbocycles. The van der Waals surface area contributed by atoms with Crippen LogP contribution in [0.3, 0.4) is 0 Å². The molecule has 1 N–H and O–H groups in total. The van der Waals surface area contributed by atoms with Crippen molar-refractivity contribution in [3.8, 4) is 5.69 Å². The number of amides is 1. The first-order valence-corrected chi connectivity index (χ1v) is 9.14. The second-order valence-corrected chi connectivity index (χ2v) is 7.57. The Morgan fingerprint density at radius 3 is 2.65 bits per heavy atom. The maximum atomic E-state index is 12.7. The normalized spacial score (nSPS) is 12.3. The zero-order chi connectivity index (χ0) is 19.0. The van der Waals surface area contributed by atoms with E-state index in [4.69, 9.17) is 5.11 Å². The molecule has 0 spiro atoms. The first kappa shape index (κ1) is 18.1. The summed E-state index contributed by atoms with van der Waals surface area (Å²) >= 11 is 1.38. The number of aryl methyl sites for hydroxylation is 2. The number of nitrogens with zero attached hydrogens (tertiary/aromatic N) is 3. The van der Waals surface area contributed by atoms with Crippen LogP contribution in [0.15, 0.2) is 30.3 Å². The highest BCUT2D eigenvalue weighted by molar-refractivity contribution is 7.20. The van der Waals surface area contributed by atoms with Gasteiger partial charge in [-0.25, -0.2) is 4.68 Å². The lowest BCUT2D eigenvalue weighted by Crippen LogP contribution is -2.33. The monoisotopic (exact) mass is 371 g/mol. The van der Waals surface area contributed by atoms with Gasteiger partial charge in [0.15, 0.2) is 0 Å². The summed E-state index contributed by atoms with van der Waals surface area (Å²) in [6.45, 7) is 5.72. The smallest absolute Gasteiger partial charge is 0.308 e. The lowest BCUT2D eigenvalue weighted by Gasteiger charge is -2.18. The minimum Gasteiger partial charge on any atom is -0.481 e. The van der Waals surface area contributed by atoms with Crippen LogP contribution in [0.4, 0.5) is 0 Å². The van der Waals surface area contributed by atoms with Gasteiger partial charge in [-0.15, -0.1) is 11.3 Å². The fourth-order valence-electron chi connectivity index (χ4n) is 2.88. The molecule has 1 atom stereocenters. The number of carbonyl (C=O) groups excluding carboxylic acids is 1. The Labute approximate surface area is 155 Å². The van der Waals surface area contributed by atoms with E-state index < -0.39 is 11.9 Å². The lowest BCUT2D eigenvalue weighted by atomic mass is 10.2. The van der Waals surface area contributed by atoms with Gasteiger partial charge in [-0.3, -0.25) is 9.59 Å². The topological polar surface area (TPSA) is 75.4 Å². The molecule has 0 bridgehead atoms. The summed E-state index contributed by atoms with van der Waals surface area (Å²) in [6, 6.07) is 9.82. The van der Waals surface area contributed by atoms with E-state index in [9.17, 15) is 9.59 Å². The second kappa shape index (κ2) is 6.92. The van der Waals surface area contributed by atoms with Gasteiger partial charge in [-0.1, -0.05) is 25.1 Å². The summed E-state index contributed by atoms with van der Waals surface area (Å²) < 4.78 is 1.88. The van der Waals surface area contributed by atoms with Crippen LogP contribution < -0.4 is 0 Å². The van der Waals surface area contributed by atoms with Crippen molar-refractivity contribution in [2.24, 2.45) is 5.92 Å². The van der Waals surface area contributed by atoms with Crippen molar-refractivity contribution in [1.29, 1.82) is 0 Å². The Kier molecular flexibility index (Phi) is 4.82. The number of carboxylic acids is 1. The van der Waals surface area contributed by atoms with Crippen molar-refractivity contribution in [3.63, 3.8) is 0 Å². The number of hydrogen-bond donors (Lipinski definition) is 1. The SMILES string of the molecule is Cc1ccccc1-n1nc(C)c2cc(C(=O)N(C)CC(C)C(=O)O)sc21. The van der Waals surface area contributed by atoms with Crippen molar-refractivity contribution in [2.75, 3.05) is 13.6 Å². The van der Waals surface area contributed by atoms with Crippen molar-refractivity contribution in [3.05, 3.63) is 46.5 Å². The number of hydrogen-bond acceptors (Lipinski definition) is 4. The van der Waals surface area contributed by atoms with Gasteiger partial charge in [0.05, 0.1) is 22.2 Å². The molecule has 0 aliphatic rings. The Hall–Kier alpha value is -2.67. The van der Waals surface area contributed by atoms with E-state index in [1.807, 2.05) is 48.9 Å². The van der Waals surface area contributed by atoms with E-state index in [1.54, 1.807) is 14.0 Å². The maximum absolute atomic E-state index is 12.7. The third-order valence-corrected chi connectivity index (χ3v) is 5.51. The molecule has 1 amide bonds. The molecule has 26 heavy (non-hydrogen) atoms. The summed E-state index contributed by atoms with van der Waals surface area (Å²) in [6.07, 6.45) is 0. The number of fused-ring (bicyclic) bond motifs is 1. The number of para-hydroxylation sites is 1. The second-order valence-electron chi connectivity index (χ2n) is 6.54. The number of thiophene rings is 1. The largest absolute Gasteiger partial charge is 0.481 e. The van der Waals surface area contributed by atoms with E-state index in [0.717, 1.165) is 27.2 Å². The highest BCUT2D eigenvalue weighted by Crippen LogP contribution is 2.31. The molecule has 3 rings (SSSR count). The third-order valence-electron chi connectivity index (χ3n) is 4.42. The molecule has 0 radical (unpaired) electrons.